The van der Waals surface area contributed by atoms with Gasteiger partial charge in [0.15, 0.2) is 0 Å². The molecule has 1 aliphatic carbocycles. The molecule has 0 radical (unpaired) electrons. The number of rotatable bonds is 6. The van der Waals surface area contributed by atoms with Gasteiger partial charge in [-0.1, -0.05) is 51.1 Å². The quantitative estimate of drug-likeness (QED) is 0.760. The summed E-state index contributed by atoms with van der Waals surface area (Å²) >= 11 is 0. The van der Waals surface area contributed by atoms with E-state index in [-0.39, 0.29) is 5.41 Å². The fourth-order valence-electron chi connectivity index (χ4n) is 3.01. The summed E-state index contributed by atoms with van der Waals surface area (Å²) in [5, 5.41) is 0. The van der Waals surface area contributed by atoms with Gasteiger partial charge in [-0.25, -0.2) is 0 Å². The number of carbonyl (C=O) groups excluding carboxylic acids is 1. The molecule has 1 amide bonds. The van der Waals surface area contributed by atoms with Gasteiger partial charge in [-0.2, -0.15) is 0 Å². The third-order valence-corrected chi connectivity index (χ3v) is 4.25. The molecule has 0 aliphatic heterocycles. The molecule has 2 heteroatoms. The summed E-state index contributed by atoms with van der Waals surface area (Å²) in [6.07, 6.45) is 2.86. The van der Waals surface area contributed by atoms with Crippen LogP contribution in [0, 0.1) is 5.41 Å². The van der Waals surface area contributed by atoms with Gasteiger partial charge < -0.3 is 4.90 Å². The molecule has 0 N–H and O–H groups in total. The molecule has 2 nitrogen and oxygen atoms in total. The summed E-state index contributed by atoms with van der Waals surface area (Å²) in [6, 6.07) is 10.7. The molecule has 2 atom stereocenters. The molecule has 0 spiro atoms. The van der Waals surface area contributed by atoms with Crippen LogP contribution in [0.4, 0.5) is 0 Å². The monoisotopic (exact) mass is 259 g/mol. The van der Waals surface area contributed by atoms with Gasteiger partial charge >= 0.3 is 0 Å². The predicted molar refractivity (Wildman–Crippen MR) is 79.1 cm³/mol. The van der Waals surface area contributed by atoms with E-state index in [1.54, 1.807) is 0 Å². The van der Waals surface area contributed by atoms with E-state index in [0.29, 0.717) is 18.2 Å². The second kappa shape index (κ2) is 5.77. The van der Waals surface area contributed by atoms with Crippen molar-refractivity contribution < 1.29 is 4.79 Å². The number of hydrogen-bond donors (Lipinski definition) is 0. The molecule has 2 rings (SSSR count). The van der Waals surface area contributed by atoms with E-state index in [1.807, 2.05) is 6.92 Å². The molecule has 0 aromatic heterocycles. The Morgan fingerprint density at radius 3 is 2.58 bits per heavy atom. The Balaban J connectivity index is 2.01. The van der Waals surface area contributed by atoms with Crippen LogP contribution < -0.4 is 0 Å². The topological polar surface area (TPSA) is 20.3 Å². The lowest BCUT2D eigenvalue weighted by atomic mass is 10.00. The first-order chi connectivity index (χ1) is 9.10. The van der Waals surface area contributed by atoms with Crippen LogP contribution in [-0.4, -0.2) is 23.9 Å². The Kier molecular flexibility index (Phi) is 4.28. The molecule has 1 saturated carbocycles. The van der Waals surface area contributed by atoms with Crippen LogP contribution >= 0.6 is 0 Å². The van der Waals surface area contributed by atoms with E-state index in [0.717, 1.165) is 19.5 Å². The van der Waals surface area contributed by atoms with Crippen molar-refractivity contribution in [3.05, 3.63) is 35.9 Å². The van der Waals surface area contributed by atoms with E-state index in [2.05, 4.69) is 49.1 Å². The van der Waals surface area contributed by atoms with E-state index in [9.17, 15) is 4.79 Å². The molecular formula is C17H25NO. The van der Waals surface area contributed by atoms with Crippen LogP contribution in [0.2, 0.25) is 0 Å². The van der Waals surface area contributed by atoms with Crippen LogP contribution in [0.3, 0.4) is 0 Å². The molecular weight excluding hydrogens is 234 g/mol. The Morgan fingerprint density at radius 1 is 1.32 bits per heavy atom. The lowest BCUT2D eigenvalue weighted by Crippen LogP contribution is -2.36. The van der Waals surface area contributed by atoms with E-state index >= 15 is 0 Å². The first-order valence-electron chi connectivity index (χ1n) is 7.43. The summed E-state index contributed by atoms with van der Waals surface area (Å²) in [5.41, 5.74) is 1.70. The number of nitrogens with zero attached hydrogens (tertiary/aromatic N) is 1. The minimum absolute atomic E-state index is 0.279. The van der Waals surface area contributed by atoms with E-state index < -0.39 is 0 Å². The van der Waals surface area contributed by atoms with Gasteiger partial charge in [-0.3, -0.25) is 4.79 Å². The Labute approximate surface area is 116 Å². The summed E-state index contributed by atoms with van der Waals surface area (Å²) in [4.78, 5) is 14.0. The van der Waals surface area contributed by atoms with Crippen molar-refractivity contribution in [3.8, 4) is 0 Å². The highest BCUT2D eigenvalue weighted by Crippen LogP contribution is 2.59. The van der Waals surface area contributed by atoms with Gasteiger partial charge in [0.05, 0.1) is 0 Å². The first-order valence-corrected chi connectivity index (χ1v) is 7.43. The SMILES string of the molecule is CCCN(C[C@@]1(C)CC1c1ccccc1)C(=O)CC. The summed E-state index contributed by atoms with van der Waals surface area (Å²) in [7, 11) is 0. The summed E-state index contributed by atoms with van der Waals surface area (Å²) in [5.74, 6) is 0.916. The Morgan fingerprint density at radius 2 is 2.00 bits per heavy atom. The fraction of sp³-hybridized carbons (Fsp3) is 0.588. The molecule has 104 valence electrons. The number of amides is 1. The predicted octanol–water partition coefficient (Wildman–Crippen LogP) is 3.83. The van der Waals surface area contributed by atoms with Gasteiger partial charge in [0.1, 0.15) is 0 Å². The van der Waals surface area contributed by atoms with Crippen molar-refractivity contribution in [3.63, 3.8) is 0 Å². The van der Waals surface area contributed by atoms with Crippen molar-refractivity contribution in [2.24, 2.45) is 5.41 Å². The van der Waals surface area contributed by atoms with Crippen molar-refractivity contribution in [2.45, 2.75) is 46.0 Å². The lowest BCUT2D eigenvalue weighted by Gasteiger charge is -2.26. The van der Waals surface area contributed by atoms with Crippen molar-refractivity contribution >= 4 is 5.91 Å². The largest absolute Gasteiger partial charge is 0.342 e. The average molecular weight is 259 g/mol. The van der Waals surface area contributed by atoms with Crippen molar-refractivity contribution in [1.29, 1.82) is 0 Å². The smallest absolute Gasteiger partial charge is 0.222 e. The minimum Gasteiger partial charge on any atom is -0.342 e. The van der Waals surface area contributed by atoms with Crippen LogP contribution in [0.5, 0.6) is 0 Å². The average Bonchev–Trinajstić information content (AvgIpc) is 3.10. The van der Waals surface area contributed by atoms with Crippen molar-refractivity contribution in [1.82, 2.24) is 4.90 Å². The third kappa shape index (κ3) is 3.17. The van der Waals surface area contributed by atoms with Gasteiger partial charge in [0, 0.05) is 19.5 Å². The highest BCUT2D eigenvalue weighted by Gasteiger charge is 2.51. The molecule has 0 heterocycles. The Hall–Kier alpha value is -1.31. The molecule has 1 aromatic carbocycles. The highest BCUT2D eigenvalue weighted by molar-refractivity contribution is 5.75. The normalized spacial score (nSPS) is 25.1. The third-order valence-electron chi connectivity index (χ3n) is 4.25. The number of hydrogen-bond acceptors (Lipinski definition) is 1. The molecule has 1 aliphatic rings. The lowest BCUT2D eigenvalue weighted by molar-refractivity contribution is -0.131. The van der Waals surface area contributed by atoms with Crippen molar-refractivity contribution in [2.75, 3.05) is 13.1 Å². The maximum absolute atomic E-state index is 12.0. The minimum atomic E-state index is 0.279. The molecule has 1 unspecified atom stereocenters. The zero-order valence-electron chi connectivity index (χ0n) is 12.4. The molecule has 0 bridgehead atoms. The second-order valence-corrected chi connectivity index (χ2v) is 5.99. The van der Waals surface area contributed by atoms with Gasteiger partial charge in [-0.15, -0.1) is 0 Å². The zero-order chi connectivity index (χ0) is 13.9. The first kappa shape index (κ1) is 14.1. The van der Waals surface area contributed by atoms with Gasteiger partial charge in [-0.05, 0) is 29.7 Å². The van der Waals surface area contributed by atoms with Crippen LogP contribution in [0.1, 0.15) is 51.5 Å². The zero-order valence-corrected chi connectivity index (χ0v) is 12.4. The van der Waals surface area contributed by atoms with Gasteiger partial charge in [0.2, 0.25) is 5.91 Å². The second-order valence-electron chi connectivity index (χ2n) is 5.99. The summed E-state index contributed by atoms with van der Waals surface area (Å²) in [6.45, 7) is 8.21. The van der Waals surface area contributed by atoms with Crippen LogP contribution in [-0.2, 0) is 4.79 Å². The van der Waals surface area contributed by atoms with E-state index in [4.69, 9.17) is 0 Å². The summed E-state index contributed by atoms with van der Waals surface area (Å²) < 4.78 is 0. The maximum atomic E-state index is 12.0. The fourth-order valence-corrected chi connectivity index (χ4v) is 3.01. The molecule has 19 heavy (non-hydrogen) atoms. The van der Waals surface area contributed by atoms with E-state index in [1.165, 1.54) is 12.0 Å². The molecule has 0 saturated heterocycles. The molecule has 1 aromatic rings. The van der Waals surface area contributed by atoms with Crippen LogP contribution in [0.15, 0.2) is 30.3 Å². The maximum Gasteiger partial charge on any atom is 0.222 e. The van der Waals surface area contributed by atoms with Crippen LogP contribution in [0.25, 0.3) is 0 Å². The number of benzene rings is 1. The number of carbonyl (C=O) groups is 1. The molecule has 1 fully saturated rings. The Bertz CT molecular complexity index is 428. The van der Waals surface area contributed by atoms with Gasteiger partial charge in [0.25, 0.3) is 0 Å². The standard InChI is InChI=1S/C17H25NO/c1-4-11-18(16(19)5-2)13-17(3)12-15(17)14-9-7-6-8-10-14/h6-10,15H,4-5,11-13H2,1-3H3/t15?,17-/m1/s1. The highest BCUT2D eigenvalue weighted by atomic mass is 16.2.